The van der Waals surface area contributed by atoms with Crippen molar-refractivity contribution in [2.24, 2.45) is 5.41 Å². The van der Waals surface area contributed by atoms with E-state index in [0.717, 1.165) is 30.8 Å². The molecule has 4 nitrogen and oxygen atoms in total. The topological polar surface area (TPSA) is 71.1 Å². The minimum absolute atomic E-state index is 0.160. The molecule has 0 aliphatic rings. The molecule has 1 aromatic rings. The van der Waals surface area contributed by atoms with Crippen LogP contribution >= 0.6 is 0 Å². The van der Waals surface area contributed by atoms with Gasteiger partial charge in [0.15, 0.2) is 0 Å². The Morgan fingerprint density at radius 1 is 1.42 bits per heavy atom. The second-order valence-corrected chi connectivity index (χ2v) is 5.51. The minimum Gasteiger partial charge on any atom is -0.398 e. The third kappa shape index (κ3) is 5.19. The van der Waals surface area contributed by atoms with Crippen molar-refractivity contribution in [1.82, 2.24) is 0 Å². The maximum atomic E-state index is 8.75. The quantitative estimate of drug-likeness (QED) is 0.740. The highest BCUT2D eigenvalue weighted by Crippen LogP contribution is 2.23. The average molecular weight is 261 g/mol. The highest BCUT2D eigenvalue weighted by molar-refractivity contribution is 5.58. The van der Waals surface area contributed by atoms with Crippen molar-refractivity contribution in [2.75, 3.05) is 31.3 Å². The average Bonchev–Trinajstić information content (AvgIpc) is 2.38. The summed E-state index contributed by atoms with van der Waals surface area (Å²) in [6, 6.07) is 7.87. The lowest BCUT2D eigenvalue weighted by molar-refractivity contribution is 0.157. The molecular weight excluding hydrogens is 238 g/mol. The molecule has 0 saturated heterocycles. The second-order valence-electron chi connectivity index (χ2n) is 5.51. The summed E-state index contributed by atoms with van der Waals surface area (Å²) in [5, 5.41) is 12.2. The van der Waals surface area contributed by atoms with E-state index >= 15 is 0 Å². The molecule has 0 saturated carbocycles. The first-order chi connectivity index (χ1) is 8.98. The Morgan fingerprint density at radius 2 is 2.16 bits per heavy atom. The molecule has 0 heterocycles. The van der Waals surface area contributed by atoms with E-state index in [2.05, 4.69) is 25.2 Å². The molecule has 0 unspecified atom stereocenters. The van der Waals surface area contributed by atoms with Gasteiger partial charge in [0.2, 0.25) is 0 Å². The summed E-state index contributed by atoms with van der Waals surface area (Å²) in [7, 11) is 1.72. The van der Waals surface area contributed by atoms with Gasteiger partial charge in [0.25, 0.3) is 0 Å². The van der Waals surface area contributed by atoms with Crippen molar-refractivity contribution >= 4 is 11.4 Å². The summed E-state index contributed by atoms with van der Waals surface area (Å²) in [4.78, 5) is 0. The van der Waals surface area contributed by atoms with E-state index in [0.29, 0.717) is 12.1 Å². The maximum Gasteiger partial charge on any atom is 0.0670 e. The molecule has 0 aliphatic heterocycles. The fourth-order valence-corrected chi connectivity index (χ4v) is 1.76. The van der Waals surface area contributed by atoms with Crippen molar-refractivity contribution in [3.8, 4) is 6.07 Å². The van der Waals surface area contributed by atoms with Crippen LogP contribution in [0.5, 0.6) is 0 Å². The predicted molar refractivity (Wildman–Crippen MR) is 78.9 cm³/mol. The molecule has 0 spiro atoms. The number of benzene rings is 1. The number of nitrogens with two attached hydrogens (primary N) is 1. The van der Waals surface area contributed by atoms with Gasteiger partial charge in [-0.3, -0.25) is 0 Å². The maximum absolute atomic E-state index is 8.75. The third-order valence-corrected chi connectivity index (χ3v) is 3.17. The Hall–Kier alpha value is -1.73. The monoisotopic (exact) mass is 261 g/mol. The zero-order valence-electron chi connectivity index (χ0n) is 12.0. The molecule has 0 aliphatic carbocycles. The fraction of sp³-hybridized carbons (Fsp3) is 0.533. The number of nitrogens with zero attached hydrogens (tertiary/aromatic N) is 1. The molecule has 3 N–H and O–H groups in total. The van der Waals surface area contributed by atoms with Crippen LogP contribution in [-0.4, -0.2) is 20.3 Å². The van der Waals surface area contributed by atoms with Crippen LogP contribution in [0, 0.1) is 16.7 Å². The van der Waals surface area contributed by atoms with Crippen LogP contribution in [0.1, 0.15) is 25.8 Å². The van der Waals surface area contributed by atoms with Gasteiger partial charge in [-0.1, -0.05) is 13.8 Å². The Kier molecular flexibility index (Phi) is 5.65. The van der Waals surface area contributed by atoms with E-state index in [4.69, 9.17) is 15.7 Å². The summed E-state index contributed by atoms with van der Waals surface area (Å²) in [6.07, 6.45) is 1.34. The third-order valence-electron chi connectivity index (χ3n) is 3.17. The number of nitriles is 1. The number of nitrogens with one attached hydrogen (secondary N) is 1. The minimum atomic E-state index is 0.160. The summed E-state index contributed by atoms with van der Waals surface area (Å²) in [5.74, 6) is 0. The highest BCUT2D eigenvalue weighted by atomic mass is 16.5. The SMILES string of the molecule is COCCC(C)(C)CNc1ccc(N)c(CC#N)c1. The van der Waals surface area contributed by atoms with Crippen molar-refractivity contribution in [2.45, 2.75) is 26.7 Å². The van der Waals surface area contributed by atoms with E-state index in [1.807, 2.05) is 18.2 Å². The number of hydrogen-bond donors (Lipinski definition) is 2. The molecule has 0 atom stereocenters. The number of anilines is 2. The van der Waals surface area contributed by atoms with E-state index in [9.17, 15) is 0 Å². The van der Waals surface area contributed by atoms with Gasteiger partial charge in [-0.05, 0) is 35.6 Å². The van der Waals surface area contributed by atoms with Crippen LogP contribution in [0.3, 0.4) is 0 Å². The molecule has 104 valence electrons. The van der Waals surface area contributed by atoms with Gasteiger partial charge in [0.05, 0.1) is 12.5 Å². The number of nitrogen functional groups attached to an aromatic ring is 1. The molecule has 19 heavy (non-hydrogen) atoms. The van der Waals surface area contributed by atoms with E-state index in [1.54, 1.807) is 7.11 Å². The lowest BCUT2D eigenvalue weighted by Crippen LogP contribution is -2.24. The van der Waals surface area contributed by atoms with Gasteiger partial charge in [-0.15, -0.1) is 0 Å². The summed E-state index contributed by atoms with van der Waals surface area (Å²) < 4.78 is 5.12. The number of ether oxygens (including phenoxy) is 1. The fourth-order valence-electron chi connectivity index (χ4n) is 1.76. The molecule has 0 bridgehead atoms. The first-order valence-corrected chi connectivity index (χ1v) is 6.47. The first kappa shape index (κ1) is 15.3. The highest BCUT2D eigenvalue weighted by Gasteiger charge is 2.17. The van der Waals surface area contributed by atoms with Crippen LogP contribution in [0.25, 0.3) is 0 Å². The van der Waals surface area contributed by atoms with Gasteiger partial charge >= 0.3 is 0 Å². The Labute approximate surface area is 115 Å². The zero-order valence-corrected chi connectivity index (χ0v) is 12.0. The van der Waals surface area contributed by atoms with Crippen molar-refractivity contribution in [3.63, 3.8) is 0 Å². The van der Waals surface area contributed by atoms with E-state index in [-0.39, 0.29) is 5.41 Å². The predicted octanol–water partition coefficient (Wildman–Crippen LogP) is 2.81. The van der Waals surface area contributed by atoms with E-state index in [1.165, 1.54) is 0 Å². The second kappa shape index (κ2) is 7.01. The Balaban J connectivity index is 2.63. The van der Waals surface area contributed by atoms with Gasteiger partial charge in [-0.2, -0.15) is 5.26 Å². The molecule has 1 rings (SSSR count). The van der Waals surface area contributed by atoms with Crippen molar-refractivity contribution < 1.29 is 4.74 Å². The summed E-state index contributed by atoms with van der Waals surface area (Å²) >= 11 is 0. The Morgan fingerprint density at radius 3 is 2.79 bits per heavy atom. The van der Waals surface area contributed by atoms with Crippen LogP contribution in [-0.2, 0) is 11.2 Å². The molecule has 0 amide bonds. The molecule has 0 fully saturated rings. The smallest absolute Gasteiger partial charge is 0.0670 e. The largest absolute Gasteiger partial charge is 0.398 e. The van der Waals surface area contributed by atoms with Crippen LogP contribution in [0.4, 0.5) is 11.4 Å². The molecular formula is C15H23N3O. The van der Waals surface area contributed by atoms with Crippen molar-refractivity contribution in [3.05, 3.63) is 23.8 Å². The first-order valence-electron chi connectivity index (χ1n) is 6.47. The number of hydrogen-bond acceptors (Lipinski definition) is 4. The van der Waals surface area contributed by atoms with Crippen LogP contribution < -0.4 is 11.1 Å². The standard InChI is InChI=1S/C15H23N3O/c1-15(2,7-9-19-3)11-18-13-4-5-14(17)12(10-13)6-8-16/h4-5,10,18H,6-7,9,11,17H2,1-3H3. The van der Waals surface area contributed by atoms with E-state index < -0.39 is 0 Å². The van der Waals surface area contributed by atoms with Gasteiger partial charge < -0.3 is 15.8 Å². The normalized spacial score (nSPS) is 11.1. The van der Waals surface area contributed by atoms with Gasteiger partial charge in [-0.25, -0.2) is 0 Å². The lowest BCUT2D eigenvalue weighted by atomic mass is 9.89. The molecule has 1 aromatic carbocycles. The van der Waals surface area contributed by atoms with Crippen LogP contribution in [0.2, 0.25) is 0 Å². The summed E-state index contributed by atoms with van der Waals surface area (Å²) in [5.41, 5.74) is 8.54. The molecule has 0 aromatic heterocycles. The number of rotatable bonds is 7. The van der Waals surface area contributed by atoms with Crippen molar-refractivity contribution in [1.29, 1.82) is 5.26 Å². The molecule has 4 heteroatoms. The molecule has 0 radical (unpaired) electrons. The van der Waals surface area contributed by atoms with Crippen LogP contribution in [0.15, 0.2) is 18.2 Å². The Bertz CT molecular complexity index is 449. The van der Waals surface area contributed by atoms with Gasteiger partial charge in [0.1, 0.15) is 0 Å². The van der Waals surface area contributed by atoms with Gasteiger partial charge in [0, 0.05) is 31.6 Å². The lowest BCUT2D eigenvalue weighted by Gasteiger charge is -2.25. The summed E-state index contributed by atoms with van der Waals surface area (Å²) in [6.45, 7) is 6.02. The number of methoxy groups -OCH3 is 1. The zero-order chi connectivity index (χ0) is 14.3.